The quantitative estimate of drug-likeness (QED) is 0.736. The van der Waals surface area contributed by atoms with E-state index in [0.717, 1.165) is 12.1 Å². The summed E-state index contributed by atoms with van der Waals surface area (Å²) >= 11 is 0. The van der Waals surface area contributed by atoms with Crippen LogP contribution in [0.3, 0.4) is 0 Å². The van der Waals surface area contributed by atoms with Crippen molar-refractivity contribution in [2.24, 2.45) is 0 Å². The summed E-state index contributed by atoms with van der Waals surface area (Å²) in [6.45, 7) is 0.623. The maximum Gasteiger partial charge on any atom is 0.242 e. The molecule has 2 rings (SSSR count). The minimum absolute atomic E-state index is 0.252. The van der Waals surface area contributed by atoms with Crippen LogP contribution in [0.5, 0.6) is 0 Å². The molecule has 19 heavy (non-hydrogen) atoms. The normalized spacial score (nSPS) is 11.4. The highest BCUT2D eigenvalue weighted by molar-refractivity contribution is 7.89. The lowest BCUT2D eigenvalue weighted by molar-refractivity contribution is 0.588. The third-order valence-corrected chi connectivity index (χ3v) is 4.18. The maximum absolute atomic E-state index is 11.8. The van der Waals surface area contributed by atoms with Crippen molar-refractivity contribution in [3.8, 4) is 0 Å². The number of benzene rings is 1. The summed E-state index contributed by atoms with van der Waals surface area (Å²) in [6.07, 6.45) is 4.11. The van der Waals surface area contributed by atoms with Crippen LogP contribution < -0.4 is 10.0 Å². The van der Waals surface area contributed by atoms with Crippen molar-refractivity contribution in [3.63, 3.8) is 0 Å². The standard InChI is InChI=1S/C12H16N4O2S/c1-13-19(17,18)12-5-3-2-4-11(12)15-7-6-10-8-14-9-16-10/h2-5,8-9,13,15H,6-7H2,1H3,(H,14,16). The van der Waals surface area contributed by atoms with E-state index in [1.807, 2.05) is 0 Å². The fraction of sp³-hybridized carbons (Fsp3) is 0.250. The highest BCUT2D eigenvalue weighted by Crippen LogP contribution is 2.20. The van der Waals surface area contributed by atoms with Crippen LogP contribution in [-0.4, -0.2) is 32.0 Å². The molecule has 0 fully saturated rings. The molecule has 1 heterocycles. The minimum atomic E-state index is -3.45. The first kappa shape index (κ1) is 13.6. The predicted octanol–water partition coefficient (Wildman–Crippen LogP) is 0.972. The van der Waals surface area contributed by atoms with Crippen molar-refractivity contribution in [1.82, 2.24) is 14.7 Å². The van der Waals surface area contributed by atoms with E-state index >= 15 is 0 Å². The van der Waals surface area contributed by atoms with Gasteiger partial charge in [0.05, 0.1) is 12.0 Å². The Hall–Kier alpha value is -1.86. The Morgan fingerprint density at radius 3 is 2.79 bits per heavy atom. The molecule has 0 unspecified atom stereocenters. The summed E-state index contributed by atoms with van der Waals surface area (Å²) in [7, 11) is -2.05. The molecule has 0 spiro atoms. The summed E-state index contributed by atoms with van der Waals surface area (Å²) in [5.74, 6) is 0. The number of hydrogen-bond donors (Lipinski definition) is 3. The number of aromatic amines is 1. The van der Waals surface area contributed by atoms with Crippen molar-refractivity contribution in [3.05, 3.63) is 42.5 Å². The fourth-order valence-corrected chi connectivity index (χ4v) is 2.62. The van der Waals surface area contributed by atoms with Gasteiger partial charge in [0.15, 0.2) is 0 Å². The second-order valence-corrected chi connectivity index (χ2v) is 5.81. The van der Waals surface area contributed by atoms with Crippen LogP contribution in [0, 0.1) is 0 Å². The number of nitrogens with zero attached hydrogens (tertiary/aromatic N) is 1. The number of imidazole rings is 1. The summed E-state index contributed by atoms with van der Waals surface area (Å²) in [4.78, 5) is 7.18. The lowest BCUT2D eigenvalue weighted by Gasteiger charge is -2.11. The van der Waals surface area contributed by atoms with Crippen LogP contribution >= 0.6 is 0 Å². The largest absolute Gasteiger partial charge is 0.384 e. The summed E-state index contributed by atoms with van der Waals surface area (Å²) in [6, 6.07) is 6.82. The molecule has 6 nitrogen and oxygen atoms in total. The molecule has 1 aromatic carbocycles. The van der Waals surface area contributed by atoms with Crippen molar-refractivity contribution in [1.29, 1.82) is 0 Å². The zero-order chi connectivity index (χ0) is 13.7. The molecule has 0 aliphatic heterocycles. The van der Waals surface area contributed by atoms with Gasteiger partial charge in [-0.15, -0.1) is 0 Å². The molecule has 0 saturated carbocycles. The van der Waals surface area contributed by atoms with E-state index in [1.165, 1.54) is 7.05 Å². The molecule has 0 aliphatic carbocycles. The molecule has 0 saturated heterocycles. The Labute approximate surface area is 112 Å². The SMILES string of the molecule is CNS(=O)(=O)c1ccccc1NCCc1cnc[nH]1. The molecular formula is C12H16N4O2S. The monoisotopic (exact) mass is 280 g/mol. The van der Waals surface area contributed by atoms with Gasteiger partial charge >= 0.3 is 0 Å². The van der Waals surface area contributed by atoms with E-state index in [9.17, 15) is 8.42 Å². The Kier molecular flexibility index (Phi) is 4.18. The molecule has 0 radical (unpaired) electrons. The summed E-state index contributed by atoms with van der Waals surface area (Å²) in [5.41, 5.74) is 1.60. The molecule has 0 bridgehead atoms. The van der Waals surface area contributed by atoms with E-state index in [-0.39, 0.29) is 4.90 Å². The van der Waals surface area contributed by atoms with Crippen molar-refractivity contribution in [2.45, 2.75) is 11.3 Å². The molecule has 3 N–H and O–H groups in total. The Morgan fingerprint density at radius 1 is 1.32 bits per heavy atom. The Balaban J connectivity index is 2.08. The Bertz CT molecular complexity index is 623. The average Bonchev–Trinajstić information content (AvgIpc) is 2.92. The highest BCUT2D eigenvalue weighted by atomic mass is 32.2. The molecule has 7 heteroatoms. The van der Waals surface area contributed by atoms with Gasteiger partial charge in [-0.3, -0.25) is 0 Å². The lowest BCUT2D eigenvalue weighted by Crippen LogP contribution is -2.20. The van der Waals surface area contributed by atoms with E-state index in [4.69, 9.17) is 0 Å². The number of aromatic nitrogens is 2. The van der Waals surface area contributed by atoms with Crippen molar-refractivity contribution >= 4 is 15.7 Å². The van der Waals surface area contributed by atoms with Gasteiger partial charge in [0.2, 0.25) is 10.0 Å². The highest BCUT2D eigenvalue weighted by Gasteiger charge is 2.15. The van der Waals surface area contributed by atoms with E-state index in [0.29, 0.717) is 12.2 Å². The summed E-state index contributed by atoms with van der Waals surface area (Å²) < 4.78 is 26.0. The van der Waals surface area contributed by atoms with Gasteiger partial charge in [-0.25, -0.2) is 18.1 Å². The van der Waals surface area contributed by atoms with Crippen LogP contribution in [-0.2, 0) is 16.4 Å². The van der Waals surface area contributed by atoms with Gasteiger partial charge in [-0.2, -0.15) is 0 Å². The molecule has 1 aromatic heterocycles. The number of anilines is 1. The Morgan fingerprint density at radius 2 is 2.11 bits per heavy atom. The maximum atomic E-state index is 11.8. The number of sulfonamides is 1. The van der Waals surface area contributed by atoms with Crippen LogP contribution in [0.4, 0.5) is 5.69 Å². The molecule has 0 amide bonds. The van der Waals surface area contributed by atoms with Gasteiger partial charge in [0.1, 0.15) is 4.90 Å². The molecule has 0 aliphatic rings. The number of nitrogens with one attached hydrogen (secondary N) is 3. The van der Waals surface area contributed by atoms with Gasteiger partial charge in [-0.05, 0) is 19.2 Å². The van der Waals surface area contributed by atoms with E-state index in [1.54, 1.807) is 36.8 Å². The number of H-pyrrole nitrogens is 1. The number of hydrogen-bond acceptors (Lipinski definition) is 4. The second-order valence-electron chi connectivity index (χ2n) is 3.96. The predicted molar refractivity (Wildman–Crippen MR) is 73.5 cm³/mol. The van der Waals surface area contributed by atoms with Crippen LogP contribution in [0.2, 0.25) is 0 Å². The first-order valence-corrected chi connectivity index (χ1v) is 7.35. The molecule has 0 atom stereocenters. The third-order valence-electron chi connectivity index (χ3n) is 2.71. The van der Waals surface area contributed by atoms with Gasteiger partial charge < -0.3 is 10.3 Å². The smallest absolute Gasteiger partial charge is 0.242 e. The van der Waals surface area contributed by atoms with E-state index < -0.39 is 10.0 Å². The van der Waals surface area contributed by atoms with Gasteiger partial charge in [-0.1, -0.05) is 12.1 Å². The van der Waals surface area contributed by atoms with Crippen LogP contribution in [0.15, 0.2) is 41.7 Å². The number of rotatable bonds is 6. The first-order chi connectivity index (χ1) is 9.13. The van der Waals surface area contributed by atoms with Crippen molar-refractivity contribution in [2.75, 3.05) is 18.9 Å². The van der Waals surface area contributed by atoms with Crippen LogP contribution in [0.25, 0.3) is 0 Å². The molecule has 102 valence electrons. The topological polar surface area (TPSA) is 86.9 Å². The zero-order valence-corrected chi connectivity index (χ0v) is 11.4. The van der Waals surface area contributed by atoms with E-state index in [2.05, 4.69) is 20.0 Å². The average molecular weight is 280 g/mol. The molecular weight excluding hydrogens is 264 g/mol. The number of para-hydroxylation sites is 1. The minimum Gasteiger partial charge on any atom is -0.384 e. The second kappa shape index (κ2) is 5.85. The summed E-state index contributed by atoms with van der Waals surface area (Å²) in [5, 5.41) is 3.13. The third kappa shape index (κ3) is 3.33. The van der Waals surface area contributed by atoms with Crippen molar-refractivity contribution < 1.29 is 8.42 Å². The molecule has 2 aromatic rings. The van der Waals surface area contributed by atoms with Gasteiger partial charge in [0, 0.05) is 24.9 Å². The fourth-order valence-electron chi connectivity index (χ4n) is 1.71. The van der Waals surface area contributed by atoms with Crippen LogP contribution in [0.1, 0.15) is 5.69 Å². The van der Waals surface area contributed by atoms with Gasteiger partial charge in [0.25, 0.3) is 0 Å². The zero-order valence-electron chi connectivity index (χ0n) is 10.6. The first-order valence-electron chi connectivity index (χ1n) is 5.87. The lowest BCUT2D eigenvalue weighted by atomic mass is 10.3.